The standard InChI is InChI=1S/C32H30N6O4/c1-38-17-16-33-32(38)31-27-12-10-25(36-27)21(6-14-29(39)41-2)23-8-4-19(34-23)18-20-5-9-24(35-20)22(7-15-30(40)42-3)26-11-13-28(31)37-26/h4-5,8-13,16-18,34,37H,6-7,14-15H2,1-3H3. The van der Waals surface area contributed by atoms with E-state index in [2.05, 4.69) is 15.0 Å². The number of esters is 2. The van der Waals surface area contributed by atoms with Crippen LogP contribution in [0, 0.1) is 0 Å². The highest BCUT2D eigenvalue weighted by molar-refractivity contribution is 5.90. The second-order valence-corrected chi connectivity index (χ2v) is 10.1. The molecule has 0 amide bonds. The lowest BCUT2D eigenvalue weighted by Crippen LogP contribution is -2.03. The van der Waals surface area contributed by atoms with Gasteiger partial charge in [-0.25, -0.2) is 15.0 Å². The summed E-state index contributed by atoms with van der Waals surface area (Å²) in [4.78, 5) is 45.8. The summed E-state index contributed by atoms with van der Waals surface area (Å²) in [6.45, 7) is 0. The van der Waals surface area contributed by atoms with Gasteiger partial charge in [0.2, 0.25) is 0 Å². The number of aryl methyl sites for hydroxylation is 3. The van der Waals surface area contributed by atoms with Gasteiger partial charge in [-0.3, -0.25) is 9.59 Å². The summed E-state index contributed by atoms with van der Waals surface area (Å²) in [5.41, 5.74) is 9.06. The second kappa shape index (κ2) is 11.3. The van der Waals surface area contributed by atoms with E-state index < -0.39 is 0 Å². The molecule has 0 aromatic carbocycles. The highest BCUT2D eigenvalue weighted by Gasteiger charge is 2.18. The highest BCUT2D eigenvalue weighted by atomic mass is 16.5. The van der Waals surface area contributed by atoms with Crippen molar-refractivity contribution in [2.75, 3.05) is 14.2 Å². The summed E-state index contributed by atoms with van der Waals surface area (Å²) < 4.78 is 11.8. The third-order valence-corrected chi connectivity index (χ3v) is 7.45. The van der Waals surface area contributed by atoms with Gasteiger partial charge in [0.25, 0.3) is 0 Å². The van der Waals surface area contributed by atoms with Crippen LogP contribution in [0.4, 0.5) is 0 Å². The number of rotatable bonds is 7. The first kappa shape index (κ1) is 26.9. The average molecular weight is 563 g/mol. The Kier molecular flexibility index (Phi) is 7.26. The quantitative estimate of drug-likeness (QED) is 0.254. The number of aromatic amines is 2. The van der Waals surface area contributed by atoms with Crippen molar-refractivity contribution < 1.29 is 19.1 Å². The Hall–Kier alpha value is -5.25. The van der Waals surface area contributed by atoms with Crippen LogP contribution in [-0.2, 0) is 39.0 Å². The molecule has 212 valence electrons. The molecule has 0 saturated heterocycles. The minimum Gasteiger partial charge on any atom is -0.469 e. The zero-order valence-corrected chi connectivity index (χ0v) is 23.6. The Labute approximate surface area is 241 Å². The third kappa shape index (κ3) is 5.26. The van der Waals surface area contributed by atoms with Crippen molar-refractivity contribution in [3.8, 4) is 11.4 Å². The topological polar surface area (TPSA) is 128 Å². The molecule has 0 unspecified atom stereocenters. The molecular formula is C32H30N6O4. The number of carbonyl (C=O) groups is 2. The summed E-state index contributed by atoms with van der Waals surface area (Å²) in [6.07, 6.45) is 12.8. The number of nitrogens with zero attached hydrogens (tertiary/aromatic N) is 4. The number of imidazole rings is 1. The third-order valence-electron chi connectivity index (χ3n) is 7.45. The van der Waals surface area contributed by atoms with Crippen molar-refractivity contribution in [1.29, 1.82) is 0 Å². The number of hydrogen-bond donors (Lipinski definition) is 2. The van der Waals surface area contributed by atoms with Crippen molar-refractivity contribution in [3.63, 3.8) is 0 Å². The second-order valence-electron chi connectivity index (χ2n) is 10.1. The summed E-state index contributed by atoms with van der Waals surface area (Å²) in [6, 6.07) is 9.93. The number of ether oxygens (including phenoxy) is 2. The number of aromatic nitrogens is 6. The van der Waals surface area contributed by atoms with E-state index in [4.69, 9.17) is 19.4 Å². The first-order valence-corrected chi connectivity index (χ1v) is 13.7. The summed E-state index contributed by atoms with van der Waals surface area (Å²) in [7, 11) is 4.73. The fourth-order valence-corrected chi connectivity index (χ4v) is 5.28. The molecule has 6 rings (SSSR count). The molecule has 2 N–H and O–H groups in total. The number of H-pyrrole nitrogens is 2. The molecule has 4 aromatic rings. The van der Waals surface area contributed by atoms with Crippen LogP contribution < -0.4 is 0 Å². The fourth-order valence-electron chi connectivity index (χ4n) is 5.28. The number of hydrogen-bond acceptors (Lipinski definition) is 7. The van der Waals surface area contributed by atoms with Crippen molar-refractivity contribution in [1.82, 2.24) is 29.5 Å². The van der Waals surface area contributed by atoms with Crippen molar-refractivity contribution >= 4 is 58.3 Å². The van der Waals surface area contributed by atoms with Gasteiger partial charge in [0, 0.05) is 60.0 Å². The lowest BCUT2D eigenvalue weighted by atomic mass is 10.1. The molecule has 10 nitrogen and oxygen atoms in total. The van der Waals surface area contributed by atoms with E-state index in [1.165, 1.54) is 14.2 Å². The molecule has 0 spiro atoms. The van der Waals surface area contributed by atoms with Crippen molar-refractivity contribution in [2.45, 2.75) is 25.7 Å². The smallest absolute Gasteiger partial charge is 0.305 e. The maximum atomic E-state index is 12.1. The van der Waals surface area contributed by atoms with Gasteiger partial charge in [-0.15, -0.1) is 0 Å². The molecule has 0 aliphatic carbocycles. The monoisotopic (exact) mass is 562 g/mol. The maximum Gasteiger partial charge on any atom is 0.305 e. The van der Waals surface area contributed by atoms with Gasteiger partial charge in [-0.1, -0.05) is 0 Å². The number of methoxy groups -OCH3 is 2. The predicted molar refractivity (Wildman–Crippen MR) is 162 cm³/mol. The highest BCUT2D eigenvalue weighted by Crippen LogP contribution is 2.31. The Bertz CT molecular complexity index is 1910. The Morgan fingerprint density at radius 1 is 0.786 bits per heavy atom. The fraction of sp³-hybridized carbons (Fsp3) is 0.219. The molecule has 0 atom stereocenters. The van der Waals surface area contributed by atoms with E-state index in [-0.39, 0.29) is 24.8 Å². The Morgan fingerprint density at radius 3 is 2.10 bits per heavy atom. The lowest BCUT2D eigenvalue weighted by Gasteiger charge is -2.05. The van der Waals surface area contributed by atoms with Gasteiger partial charge >= 0.3 is 11.9 Å². The van der Waals surface area contributed by atoms with E-state index in [0.29, 0.717) is 12.8 Å². The van der Waals surface area contributed by atoms with Gasteiger partial charge in [0.15, 0.2) is 0 Å². The van der Waals surface area contributed by atoms with Crippen LogP contribution >= 0.6 is 0 Å². The summed E-state index contributed by atoms with van der Waals surface area (Å²) >= 11 is 0. The van der Waals surface area contributed by atoms with Crippen LogP contribution in [0.25, 0.3) is 57.8 Å². The average Bonchev–Trinajstić information content (AvgIpc) is 3.83. The van der Waals surface area contributed by atoms with E-state index in [1.54, 1.807) is 6.20 Å². The van der Waals surface area contributed by atoms with Crippen LogP contribution in [0.15, 0.2) is 42.7 Å². The van der Waals surface area contributed by atoms with Crippen LogP contribution in [0.1, 0.15) is 46.7 Å². The van der Waals surface area contributed by atoms with Crippen LogP contribution in [0.2, 0.25) is 0 Å². The van der Waals surface area contributed by atoms with Gasteiger partial charge in [-0.05, 0) is 67.5 Å². The minimum absolute atomic E-state index is 0.222. The molecule has 2 aliphatic rings. The largest absolute Gasteiger partial charge is 0.469 e. The normalized spacial score (nSPS) is 12.1. The predicted octanol–water partition coefficient (Wildman–Crippen LogP) is 5.27. The summed E-state index contributed by atoms with van der Waals surface area (Å²) in [5, 5.41) is 0. The number of fused-ring (bicyclic) bond motifs is 8. The van der Waals surface area contributed by atoms with Crippen LogP contribution in [0.5, 0.6) is 0 Å². The molecule has 0 saturated carbocycles. The molecule has 10 heteroatoms. The van der Waals surface area contributed by atoms with Gasteiger partial charge in [-0.2, -0.15) is 0 Å². The molecule has 6 heterocycles. The van der Waals surface area contributed by atoms with Crippen molar-refractivity contribution in [2.24, 2.45) is 7.05 Å². The van der Waals surface area contributed by atoms with Crippen molar-refractivity contribution in [3.05, 3.63) is 76.6 Å². The number of nitrogens with one attached hydrogen (secondary N) is 2. The van der Waals surface area contributed by atoms with Crippen LogP contribution in [0.3, 0.4) is 0 Å². The molecule has 42 heavy (non-hydrogen) atoms. The Morgan fingerprint density at radius 2 is 1.40 bits per heavy atom. The van der Waals surface area contributed by atoms with Gasteiger partial charge in [0.05, 0.1) is 48.1 Å². The SMILES string of the molecule is COC(=O)CCc1c2nc(c(-c3nccn3C)c3ccc([nH]3)c(CCC(=O)OC)c3nc(cc4ccc1[nH]4)C=C3)C=C2. The Balaban J connectivity index is 1.68. The van der Waals surface area contributed by atoms with E-state index in [9.17, 15) is 9.59 Å². The van der Waals surface area contributed by atoms with E-state index in [0.717, 1.165) is 67.4 Å². The molecule has 2 aliphatic heterocycles. The molecule has 8 bridgehead atoms. The van der Waals surface area contributed by atoms with Gasteiger partial charge in [0.1, 0.15) is 5.82 Å². The molecular weight excluding hydrogens is 532 g/mol. The lowest BCUT2D eigenvalue weighted by molar-refractivity contribution is -0.141. The van der Waals surface area contributed by atoms with E-state index >= 15 is 0 Å². The zero-order valence-electron chi connectivity index (χ0n) is 23.6. The minimum atomic E-state index is -0.285. The van der Waals surface area contributed by atoms with E-state index in [1.807, 2.05) is 72.4 Å². The molecule has 4 aromatic heterocycles. The maximum absolute atomic E-state index is 12.1. The molecule has 0 radical (unpaired) electrons. The number of carbonyl (C=O) groups excluding carboxylic acids is 2. The first-order chi connectivity index (χ1) is 20.4. The molecule has 0 fully saturated rings. The van der Waals surface area contributed by atoms with Gasteiger partial charge < -0.3 is 24.0 Å². The zero-order chi connectivity index (χ0) is 29.2. The first-order valence-electron chi connectivity index (χ1n) is 13.7. The summed E-state index contributed by atoms with van der Waals surface area (Å²) in [5.74, 6) is 0.172. The van der Waals surface area contributed by atoms with Crippen LogP contribution in [-0.4, -0.2) is 55.6 Å².